The van der Waals surface area contributed by atoms with Crippen LogP contribution in [0.5, 0.6) is 0 Å². The van der Waals surface area contributed by atoms with E-state index in [1.165, 1.54) is 6.07 Å². The Morgan fingerprint density at radius 3 is 2.57 bits per heavy atom. The summed E-state index contributed by atoms with van der Waals surface area (Å²) in [6, 6.07) is 6.51. The van der Waals surface area contributed by atoms with Crippen molar-refractivity contribution in [2.75, 3.05) is 0 Å². The van der Waals surface area contributed by atoms with Crippen molar-refractivity contribution >= 4 is 0 Å². The lowest BCUT2D eigenvalue weighted by Crippen LogP contribution is -2.32. The topological polar surface area (TPSA) is 48.8 Å². The second kappa shape index (κ2) is 3.31. The molecular formula is C10H10FN3. The van der Waals surface area contributed by atoms with Crippen molar-refractivity contribution in [1.29, 1.82) is 0 Å². The van der Waals surface area contributed by atoms with E-state index in [9.17, 15) is 4.39 Å². The van der Waals surface area contributed by atoms with Crippen molar-refractivity contribution in [3.63, 3.8) is 0 Å². The van der Waals surface area contributed by atoms with Gasteiger partial charge in [-0.25, -0.2) is 4.39 Å². The highest BCUT2D eigenvalue weighted by molar-refractivity contribution is 5.28. The summed E-state index contributed by atoms with van der Waals surface area (Å²) in [5.74, 6) is -0.278. The number of azide groups is 1. The third kappa shape index (κ3) is 1.24. The predicted octanol–water partition coefficient (Wildman–Crippen LogP) is 3.52. The number of halogens is 1. The highest BCUT2D eigenvalue weighted by Gasteiger charge is 2.39. The number of hydrogen-bond donors (Lipinski definition) is 0. The lowest BCUT2D eigenvalue weighted by Gasteiger charge is -2.37. The second-order valence-electron chi connectivity index (χ2n) is 3.55. The molecule has 1 aliphatic rings. The van der Waals surface area contributed by atoms with Gasteiger partial charge in [0.2, 0.25) is 0 Å². The molecule has 0 radical (unpaired) electrons. The molecule has 0 amide bonds. The SMILES string of the molecule is [N-]=[N+]=NC1(c2ccccc2F)CCC1. The first-order valence-electron chi connectivity index (χ1n) is 4.60. The zero-order valence-corrected chi connectivity index (χ0v) is 7.65. The summed E-state index contributed by atoms with van der Waals surface area (Å²) in [4.78, 5) is 2.81. The van der Waals surface area contributed by atoms with E-state index in [1.807, 2.05) is 0 Å². The molecule has 72 valence electrons. The summed E-state index contributed by atoms with van der Waals surface area (Å²) in [5.41, 5.74) is 8.38. The molecule has 0 aromatic heterocycles. The average molecular weight is 191 g/mol. The van der Waals surface area contributed by atoms with E-state index in [-0.39, 0.29) is 5.82 Å². The standard InChI is InChI=1S/C10H10FN3/c11-9-5-2-1-4-8(9)10(13-14-12)6-3-7-10/h1-2,4-5H,3,6-7H2. The van der Waals surface area contributed by atoms with E-state index >= 15 is 0 Å². The van der Waals surface area contributed by atoms with Crippen LogP contribution in [0.1, 0.15) is 24.8 Å². The Bertz CT molecular complexity index is 392. The van der Waals surface area contributed by atoms with E-state index in [2.05, 4.69) is 10.0 Å². The van der Waals surface area contributed by atoms with Crippen molar-refractivity contribution in [2.45, 2.75) is 24.8 Å². The molecule has 4 heteroatoms. The molecule has 0 aliphatic heterocycles. The molecule has 0 atom stereocenters. The fourth-order valence-electron chi connectivity index (χ4n) is 1.86. The molecule has 1 saturated carbocycles. The molecule has 1 aromatic rings. The van der Waals surface area contributed by atoms with Gasteiger partial charge < -0.3 is 0 Å². The van der Waals surface area contributed by atoms with Crippen LogP contribution in [-0.2, 0) is 5.54 Å². The van der Waals surface area contributed by atoms with E-state index in [4.69, 9.17) is 5.53 Å². The monoisotopic (exact) mass is 191 g/mol. The smallest absolute Gasteiger partial charge is 0.127 e. The van der Waals surface area contributed by atoms with Crippen LogP contribution in [0, 0.1) is 5.82 Å². The molecule has 0 bridgehead atoms. The van der Waals surface area contributed by atoms with Crippen LogP contribution in [0.3, 0.4) is 0 Å². The van der Waals surface area contributed by atoms with Crippen molar-refractivity contribution < 1.29 is 4.39 Å². The molecule has 3 nitrogen and oxygen atoms in total. The van der Waals surface area contributed by atoms with Crippen LogP contribution >= 0.6 is 0 Å². The largest absolute Gasteiger partial charge is 0.207 e. The summed E-state index contributed by atoms with van der Waals surface area (Å²) in [6.07, 6.45) is 2.49. The van der Waals surface area contributed by atoms with Gasteiger partial charge >= 0.3 is 0 Å². The molecule has 14 heavy (non-hydrogen) atoms. The Morgan fingerprint density at radius 2 is 2.07 bits per heavy atom. The molecule has 1 fully saturated rings. The van der Waals surface area contributed by atoms with E-state index in [0.717, 1.165) is 19.3 Å². The van der Waals surface area contributed by atoms with Gasteiger partial charge in [-0.1, -0.05) is 29.7 Å². The lowest BCUT2D eigenvalue weighted by atomic mass is 9.72. The minimum absolute atomic E-state index is 0.278. The van der Waals surface area contributed by atoms with Gasteiger partial charge in [0.15, 0.2) is 0 Å². The minimum Gasteiger partial charge on any atom is -0.207 e. The summed E-state index contributed by atoms with van der Waals surface area (Å²) < 4.78 is 13.4. The number of nitrogens with zero attached hydrogens (tertiary/aromatic N) is 3. The van der Waals surface area contributed by atoms with Crippen LogP contribution in [0.25, 0.3) is 10.4 Å². The summed E-state index contributed by atoms with van der Waals surface area (Å²) >= 11 is 0. The maximum atomic E-state index is 13.4. The van der Waals surface area contributed by atoms with Gasteiger partial charge in [0.05, 0.1) is 5.54 Å². The van der Waals surface area contributed by atoms with Crippen molar-refractivity contribution in [3.8, 4) is 0 Å². The number of benzene rings is 1. The zero-order chi connectivity index (χ0) is 10.0. The summed E-state index contributed by atoms with van der Waals surface area (Å²) in [7, 11) is 0. The van der Waals surface area contributed by atoms with Crippen molar-refractivity contribution in [3.05, 3.63) is 46.1 Å². The summed E-state index contributed by atoms with van der Waals surface area (Å²) in [6.45, 7) is 0. The Balaban J connectivity index is 2.46. The highest BCUT2D eigenvalue weighted by Crippen LogP contribution is 2.45. The first-order valence-corrected chi connectivity index (χ1v) is 4.60. The summed E-state index contributed by atoms with van der Waals surface area (Å²) in [5, 5.41) is 3.73. The van der Waals surface area contributed by atoms with Crippen LogP contribution in [0.2, 0.25) is 0 Å². The molecular weight excluding hydrogens is 181 g/mol. The third-order valence-corrected chi connectivity index (χ3v) is 2.79. The molecule has 0 heterocycles. The molecule has 0 N–H and O–H groups in total. The average Bonchev–Trinajstić information content (AvgIpc) is 2.13. The van der Waals surface area contributed by atoms with Gasteiger partial charge in [-0.15, -0.1) is 0 Å². The minimum atomic E-state index is -0.611. The second-order valence-corrected chi connectivity index (χ2v) is 3.55. The molecule has 1 aromatic carbocycles. The van der Waals surface area contributed by atoms with Crippen LogP contribution < -0.4 is 0 Å². The van der Waals surface area contributed by atoms with Crippen LogP contribution in [0.4, 0.5) is 4.39 Å². The highest BCUT2D eigenvalue weighted by atomic mass is 19.1. The Hall–Kier alpha value is -1.54. The van der Waals surface area contributed by atoms with Gasteiger partial charge in [-0.3, -0.25) is 0 Å². The molecule has 0 spiro atoms. The number of hydrogen-bond acceptors (Lipinski definition) is 1. The fourth-order valence-corrected chi connectivity index (χ4v) is 1.86. The predicted molar refractivity (Wildman–Crippen MR) is 51.1 cm³/mol. The zero-order valence-electron chi connectivity index (χ0n) is 7.65. The first kappa shape index (κ1) is 9.03. The van der Waals surface area contributed by atoms with Crippen LogP contribution in [0.15, 0.2) is 29.4 Å². The normalized spacial score (nSPS) is 18.1. The Morgan fingerprint density at radius 1 is 1.36 bits per heavy atom. The van der Waals surface area contributed by atoms with Gasteiger partial charge in [-0.2, -0.15) is 0 Å². The van der Waals surface area contributed by atoms with Crippen LogP contribution in [-0.4, -0.2) is 0 Å². The van der Waals surface area contributed by atoms with E-state index in [1.54, 1.807) is 18.2 Å². The maximum absolute atomic E-state index is 13.4. The Kier molecular flexibility index (Phi) is 2.14. The molecule has 0 saturated heterocycles. The number of rotatable bonds is 2. The van der Waals surface area contributed by atoms with E-state index in [0.29, 0.717) is 5.56 Å². The first-order chi connectivity index (χ1) is 6.78. The quantitative estimate of drug-likeness (QED) is 0.390. The molecule has 2 rings (SSSR count). The lowest BCUT2D eigenvalue weighted by molar-refractivity contribution is 0.245. The van der Waals surface area contributed by atoms with Crippen molar-refractivity contribution in [1.82, 2.24) is 0 Å². The Labute approximate surface area is 81.2 Å². The van der Waals surface area contributed by atoms with Gasteiger partial charge in [0, 0.05) is 4.91 Å². The van der Waals surface area contributed by atoms with Crippen molar-refractivity contribution in [2.24, 2.45) is 5.11 Å². The molecule has 0 unspecified atom stereocenters. The fraction of sp³-hybridized carbons (Fsp3) is 0.400. The maximum Gasteiger partial charge on any atom is 0.127 e. The van der Waals surface area contributed by atoms with E-state index < -0.39 is 5.54 Å². The van der Waals surface area contributed by atoms with Gasteiger partial charge in [0.1, 0.15) is 5.82 Å². The molecule has 1 aliphatic carbocycles. The van der Waals surface area contributed by atoms with Gasteiger partial charge in [0.25, 0.3) is 0 Å². The van der Waals surface area contributed by atoms with Gasteiger partial charge in [-0.05, 0) is 30.0 Å². The third-order valence-electron chi connectivity index (χ3n) is 2.79.